The molecular weight excluding hydrogens is 577 g/mol. The van der Waals surface area contributed by atoms with Crippen LogP contribution in [0.4, 0.5) is 5.69 Å². The number of carbonyl (C=O) groups excluding carboxylic acids is 1. The fourth-order valence-electron chi connectivity index (χ4n) is 3.25. The van der Waals surface area contributed by atoms with Crippen molar-refractivity contribution >= 4 is 85.1 Å². The third-order valence-corrected chi connectivity index (χ3v) is 7.34. The Balaban J connectivity index is 1.55. The second kappa shape index (κ2) is 11.1. The van der Waals surface area contributed by atoms with Gasteiger partial charge in [-0.25, -0.2) is 0 Å². The van der Waals surface area contributed by atoms with Gasteiger partial charge in [0.1, 0.15) is 6.61 Å². The van der Waals surface area contributed by atoms with Crippen molar-refractivity contribution in [2.75, 3.05) is 11.5 Å². The summed E-state index contributed by atoms with van der Waals surface area (Å²) in [5, 5.41) is 0.971. The first-order valence-electron chi connectivity index (χ1n) is 10.2. The van der Waals surface area contributed by atoms with Crippen LogP contribution in [-0.4, -0.2) is 16.8 Å². The molecule has 0 saturated carbocycles. The topological polar surface area (TPSA) is 38.8 Å². The lowest BCUT2D eigenvalue weighted by atomic mass is 10.1. The van der Waals surface area contributed by atoms with Gasteiger partial charge in [-0.1, -0.05) is 81.3 Å². The zero-order valence-electron chi connectivity index (χ0n) is 17.9. The summed E-state index contributed by atoms with van der Waals surface area (Å²) in [6.45, 7) is 2.68. The van der Waals surface area contributed by atoms with Gasteiger partial charge in [-0.15, -0.1) is 0 Å². The number of benzene rings is 3. The Morgan fingerprint density at radius 2 is 1.85 bits per heavy atom. The van der Waals surface area contributed by atoms with Crippen molar-refractivity contribution in [1.29, 1.82) is 0 Å². The molecule has 1 saturated heterocycles. The SMILES string of the molecule is CCOc1cc(/C=C2/SC(=S)N(c3cccc(Br)c3)C2=O)ccc1OCc1ccc(Cl)c(Cl)c1. The predicted octanol–water partition coefficient (Wildman–Crippen LogP) is 8.14. The fraction of sp³-hybridized carbons (Fsp3) is 0.120. The van der Waals surface area contributed by atoms with Crippen LogP contribution < -0.4 is 14.4 Å². The maximum absolute atomic E-state index is 13.1. The normalized spacial score (nSPS) is 14.7. The number of anilines is 1. The highest BCUT2D eigenvalue weighted by molar-refractivity contribution is 9.10. The molecule has 0 bridgehead atoms. The van der Waals surface area contributed by atoms with Crippen LogP contribution in [0.1, 0.15) is 18.1 Å². The van der Waals surface area contributed by atoms with Gasteiger partial charge in [0.2, 0.25) is 0 Å². The number of rotatable bonds is 7. The van der Waals surface area contributed by atoms with Gasteiger partial charge in [-0.3, -0.25) is 9.69 Å². The Labute approximate surface area is 226 Å². The lowest BCUT2D eigenvalue weighted by Crippen LogP contribution is -2.27. The lowest BCUT2D eigenvalue weighted by molar-refractivity contribution is -0.113. The first-order valence-corrected chi connectivity index (χ1v) is 13.0. The van der Waals surface area contributed by atoms with E-state index in [-0.39, 0.29) is 5.91 Å². The molecule has 0 N–H and O–H groups in total. The summed E-state index contributed by atoms with van der Waals surface area (Å²) >= 11 is 22.3. The highest BCUT2D eigenvalue weighted by atomic mass is 79.9. The van der Waals surface area contributed by atoms with Gasteiger partial charge in [-0.05, 0) is 66.6 Å². The molecule has 0 aliphatic carbocycles. The minimum absolute atomic E-state index is 0.161. The Morgan fingerprint density at radius 1 is 1.03 bits per heavy atom. The number of ether oxygens (including phenoxy) is 2. The van der Waals surface area contributed by atoms with Crippen LogP contribution in [-0.2, 0) is 11.4 Å². The van der Waals surface area contributed by atoms with E-state index < -0.39 is 0 Å². The number of hydrogen-bond donors (Lipinski definition) is 0. The van der Waals surface area contributed by atoms with E-state index in [1.807, 2.05) is 61.5 Å². The molecule has 1 fully saturated rings. The van der Waals surface area contributed by atoms with E-state index in [9.17, 15) is 4.79 Å². The van der Waals surface area contributed by atoms with E-state index in [0.717, 1.165) is 21.3 Å². The lowest BCUT2D eigenvalue weighted by Gasteiger charge is -2.14. The van der Waals surface area contributed by atoms with Crippen molar-refractivity contribution < 1.29 is 14.3 Å². The maximum Gasteiger partial charge on any atom is 0.270 e. The predicted molar refractivity (Wildman–Crippen MR) is 148 cm³/mol. The first-order chi connectivity index (χ1) is 16.4. The average molecular weight is 595 g/mol. The molecule has 0 spiro atoms. The molecule has 1 amide bonds. The quantitative estimate of drug-likeness (QED) is 0.204. The highest BCUT2D eigenvalue weighted by Gasteiger charge is 2.33. The molecule has 1 heterocycles. The first kappa shape index (κ1) is 25.1. The Morgan fingerprint density at radius 3 is 2.59 bits per heavy atom. The fourth-order valence-corrected chi connectivity index (χ4v) is 5.26. The molecule has 3 aromatic carbocycles. The molecular formula is C25H18BrCl2NO3S2. The molecule has 34 heavy (non-hydrogen) atoms. The summed E-state index contributed by atoms with van der Waals surface area (Å²) in [5.41, 5.74) is 2.42. The van der Waals surface area contributed by atoms with Gasteiger partial charge >= 0.3 is 0 Å². The largest absolute Gasteiger partial charge is 0.490 e. The van der Waals surface area contributed by atoms with Crippen molar-refractivity contribution in [3.63, 3.8) is 0 Å². The number of nitrogens with zero attached hydrogens (tertiary/aromatic N) is 1. The molecule has 0 radical (unpaired) electrons. The molecule has 3 aromatic rings. The molecule has 9 heteroatoms. The summed E-state index contributed by atoms with van der Waals surface area (Å²) in [7, 11) is 0. The third kappa shape index (κ3) is 5.78. The smallest absolute Gasteiger partial charge is 0.270 e. The molecule has 4 nitrogen and oxygen atoms in total. The molecule has 1 aliphatic heterocycles. The van der Waals surface area contributed by atoms with Crippen LogP contribution in [0.2, 0.25) is 10.0 Å². The van der Waals surface area contributed by atoms with Gasteiger partial charge < -0.3 is 9.47 Å². The van der Waals surface area contributed by atoms with Crippen LogP contribution in [0.15, 0.2) is 70.0 Å². The minimum atomic E-state index is -0.161. The van der Waals surface area contributed by atoms with E-state index >= 15 is 0 Å². The van der Waals surface area contributed by atoms with Crippen LogP contribution in [0.3, 0.4) is 0 Å². The van der Waals surface area contributed by atoms with E-state index in [1.165, 1.54) is 16.7 Å². The molecule has 0 atom stereocenters. The third-order valence-electron chi connectivity index (χ3n) is 4.80. The maximum atomic E-state index is 13.1. The number of amides is 1. The second-order valence-corrected chi connectivity index (χ2v) is 10.6. The van der Waals surface area contributed by atoms with Crippen molar-refractivity contribution in [3.05, 3.63) is 91.2 Å². The van der Waals surface area contributed by atoms with Crippen LogP contribution in [0.5, 0.6) is 11.5 Å². The Hall–Kier alpha value is -2.03. The van der Waals surface area contributed by atoms with Gasteiger partial charge in [-0.2, -0.15) is 0 Å². The standard InChI is InChI=1S/C25H18BrCl2NO3S2/c1-2-31-22-11-15(7-9-21(22)32-14-16-6-8-19(27)20(28)10-16)12-23-24(30)29(25(33)34-23)18-5-3-4-17(26)13-18/h3-13H,2,14H2,1H3/b23-12+. The van der Waals surface area contributed by atoms with Gasteiger partial charge in [0.25, 0.3) is 5.91 Å². The zero-order valence-corrected chi connectivity index (χ0v) is 22.6. The molecule has 174 valence electrons. The van der Waals surface area contributed by atoms with E-state index in [2.05, 4.69) is 15.9 Å². The van der Waals surface area contributed by atoms with Crippen molar-refractivity contribution in [3.8, 4) is 11.5 Å². The molecule has 0 aromatic heterocycles. The molecule has 4 rings (SSSR count). The molecule has 1 aliphatic rings. The Kier molecular flexibility index (Phi) is 8.22. The monoisotopic (exact) mass is 593 g/mol. The van der Waals surface area contributed by atoms with Crippen molar-refractivity contribution in [2.45, 2.75) is 13.5 Å². The van der Waals surface area contributed by atoms with Crippen LogP contribution in [0.25, 0.3) is 6.08 Å². The van der Waals surface area contributed by atoms with Gasteiger partial charge in [0.05, 0.1) is 27.2 Å². The average Bonchev–Trinajstić information content (AvgIpc) is 3.08. The number of hydrogen-bond acceptors (Lipinski definition) is 5. The Bertz CT molecular complexity index is 1300. The number of carbonyl (C=O) groups is 1. The van der Waals surface area contributed by atoms with E-state index in [1.54, 1.807) is 12.1 Å². The number of thioether (sulfide) groups is 1. The van der Waals surface area contributed by atoms with Gasteiger partial charge in [0, 0.05) is 4.47 Å². The highest BCUT2D eigenvalue weighted by Crippen LogP contribution is 2.38. The second-order valence-electron chi connectivity index (χ2n) is 7.17. The van der Waals surface area contributed by atoms with E-state index in [4.69, 9.17) is 44.9 Å². The summed E-state index contributed by atoms with van der Waals surface area (Å²) < 4.78 is 13.1. The summed E-state index contributed by atoms with van der Waals surface area (Å²) in [6, 6.07) is 18.4. The minimum Gasteiger partial charge on any atom is -0.490 e. The molecule has 0 unspecified atom stereocenters. The zero-order chi connectivity index (χ0) is 24.2. The van der Waals surface area contributed by atoms with Crippen molar-refractivity contribution in [2.24, 2.45) is 0 Å². The number of thiocarbonyl (C=S) groups is 1. The van der Waals surface area contributed by atoms with Crippen molar-refractivity contribution in [1.82, 2.24) is 0 Å². The summed E-state index contributed by atoms with van der Waals surface area (Å²) in [5.74, 6) is 1.01. The van der Waals surface area contributed by atoms with Gasteiger partial charge in [0.15, 0.2) is 15.8 Å². The summed E-state index contributed by atoms with van der Waals surface area (Å²) in [4.78, 5) is 15.2. The van der Waals surface area contributed by atoms with E-state index in [0.29, 0.717) is 44.0 Å². The number of halogens is 3. The van der Waals surface area contributed by atoms with Crippen LogP contribution in [0, 0.1) is 0 Å². The summed E-state index contributed by atoms with van der Waals surface area (Å²) in [6.07, 6.45) is 1.81. The van der Waals surface area contributed by atoms with Crippen LogP contribution >= 0.6 is 63.1 Å².